The van der Waals surface area contributed by atoms with Crippen molar-refractivity contribution in [2.75, 3.05) is 0 Å². The fourth-order valence-corrected chi connectivity index (χ4v) is 2.28. The molecule has 2 nitrogen and oxygen atoms in total. The van der Waals surface area contributed by atoms with Gasteiger partial charge >= 0.3 is 0 Å². The van der Waals surface area contributed by atoms with Crippen LogP contribution in [0.1, 0.15) is 28.6 Å². The first-order chi connectivity index (χ1) is 8.91. The largest absolute Gasteiger partial charge is 0.383 e. The first-order valence-electron chi connectivity index (χ1n) is 5.67. The Kier molecular flexibility index (Phi) is 3.96. The van der Waals surface area contributed by atoms with Gasteiger partial charge in [-0.25, -0.2) is 8.78 Å². The molecule has 5 heteroatoms. The summed E-state index contributed by atoms with van der Waals surface area (Å²) in [5.41, 5.74) is 1.35. The summed E-state index contributed by atoms with van der Waals surface area (Å²) in [6.07, 6.45) is -1.38. The lowest BCUT2D eigenvalue weighted by Gasteiger charge is -2.16. The number of halogens is 3. The van der Waals surface area contributed by atoms with Crippen LogP contribution in [0.2, 0.25) is 0 Å². The Labute approximate surface area is 118 Å². The first kappa shape index (κ1) is 14.1. The van der Waals surface area contributed by atoms with Gasteiger partial charge in [0.25, 0.3) is 0 Å². The highest BCUT2D eigenvalue weighted by Crippen LogP contribution is 2.31. The number of aliphatic hydroxyl groups excluding tert-OH is 1. The Hall–Kier alpha value is -1.33. The molecule has 0 aliphatic rings. The van der Waals surface area contributed by atoms with E-state index in [-0.39, 0.29) is 10.0 Å². The molecule has 0 fully saturated rings. The molecule has 1 N–H and O–H groups in total. The van der Waals surface area contributed by atoms with E-state index in [4.69, 9.17) is 0 Å². The van der Waals surface area contributed by atoms with Gasteiger partial charge in [-0.3, -0.25) is 4.98 Å². The van der Waals surface area contributed by atoms with Crippen molar-refractivity contribution >= 4 is 15.9 Å². The van der Waals surface area contributed by atoms with Gasteiger partial charge in [0.1, 0.15) is 17.7 Å². The van der Waals surface area contributed by atoms with Gasteiger partial charge in [0.2, 0.25) is 0 Å². The normalized spacial score (nSPS) is 12.5. The predicted octanol–water partition coefficient (Wildman–Crippen LogP) is 3.82. The van der Waals surface area contributed by atoms with Crippen LogP contribution in [0.3, 0.4) is 0 Å². The number of nitrogens with zero attached hydrogens (tertiary/aromatic N) is 1. The third kappa shape index (κ3) is 2.67. The van der Waals surface area contributed by atoms with Crippen LogP contribution in [0.15, 0.2) is 28.7 Å². The third-order valence-electron chi connectivity index (χ3n) is 2.91. The Morgan fingerprint density at radius 3 is 2.47 bits per heavy atom. The minimum Gasteiger partial charge on any atom is -0.383 e. The number of aryl methyl sites for hydroxylation is 2. The van der Waals surface area contributed by atoms with E-state index in [1.165, 1.54) is 6.07 Å². The molecule has 19 heavy (non-hydrogen) atoms. The molecule has 1 atom stereocenters. The SMILES string of the molecule is Cc1ccc(C(O)c2c(F)ccc(Br)c2F)c(C)n1. The molecule has 0 bridgehead atoms. The van der Waals surface area contributed by atoms with Gasteiger partial charge in [-0.05, 0) is 48.0 Å². The molecule has 0 saturated heterocycles. The van der Waals surface area contributed by atoms with Crippen LogP contribution in [0.4, 0.5) is 8.78 Å². The monoisotopic (exact) mass is 327 g/mol. The second-order valence-electron chi connectivity index (χ2n) is 4.29. The van der Waals surface area contributed by atoms with Crippen molar-refractivity contribution in [3.8, 4) is 0 Å². The van der Waals surface area contributed by atoms with E-state index in [0.717, 1.165) is 11.8 Å². The molecule has 1 aromatic heterocycles. The molecular formula is C14H12BrF2NO. The molecule has 100 valence electrons. The van der Waals surface area contributed by atoms with Crippen LogP contribution >= 0.6 is 15.9 Å². The minimum atomic E-state index is -1.38. The Morgan fingerprint density at radius 2 is 1.84 bits per heavy atom. The molecule has 1 heterocycles. The highest BCUT2D eigenvalue weighted by molar-refractivity contribution is 9.10. The summed E-state index contributed by atoms with van der Waals surface area (Å²) in [7, 11) is 0. The molecule has 0 spiro atoms. The quantitative estimate of drug-likeness (QED) is 0.850. The van der Waals surface area contributed by atoms with Crippen molar-refractivity contribution in [3.05, 3.63) is 62.9 Å². The summed E-state index contributed by atoms with van der Waals surface area (Å²) in [5, 5.41) is 10.2. The van der Waals surface area contributed by atoms with Crippen LogP contribution in [-0.4, -0.2) is 10.1 Å². The van der Waals surface area contributed by atoms with Crippen LogP contribution < -0.4 is 0 Å². The Morgan fingerprint density at radius 1 is 1.16 bits per heavy atom. The fraction of sp³-hybridized carbons (Fsp3) is 0.214. The van der Waals surface area contributed by atoms with E-state index < -0.39 is 17.7 Å². The Bertz CT molecular complexity index is 631. The summed E-state index contributed by atoms with van der Waals surface area (Å²) < 4.78 is 27.8. The van der Waals surface area contributed by atoms with Gasteiger partial charge in [0.15, 0.2) is 0 Å². The van der Waals surface area contributed by atoms with E-state index in [1.54, 1.807) is 19.1 Å². The zero-order chi connectivity index (χ0) is 14.2. The second-order valence-corrected chi connectivity index (χ2v) is 5.14. The summed E-state index contributed by atoms with van der Waals surface area (Å²) in [5.74, 6) is -1.58. The van der Waals surface area contributed by atoms with Crippen molar-refractivity contribution in [2.45, 2.75) is 20.0 Å². The number of hydrogen-bond acceptors (Lipinski definition) is 2. The molecule has 1 aromatic carbocycles. The lowest BCUT2D eigenvalue weighted by molar-refractivity contribution is 0.207. The zero-order valence-electron chi connectivity index (χ0n) is 10.4. The number of aliphatic hydroxyl groups is 1. The summed E-state index contributed by atoms with van der Waals surface area (Å²) >= 11 is 2.98. The maximum atomic E-state index is 13.9. The number of benzene rings is 1. The summed E-state index contributed by atoms with van der Waals surface area (Å²) in [6.45, 7) is 3.50. The van der Waals surface area contributed by atoms with Crippen LogP contribution in [-0.2, 0) is 0 Å². The average molecular weight is 328 g/mol. The van der Waals surface area contributed by atoms with Crippen LogP contribution in [0.25, 0.3) is 0 Å². The van der Waals surface area contributed by atoms with Crippen molar-refractivity contribution in [1.29, 1.82) is 0 Å². The highest BCUT2D eigenvalue weighted by Gasteiger charge is 2.23. The highest BCUT2D eigenvalue weighted by atomic mass is 79.9. The number of aromatic nitrogens is 1. The third-order valence-corrected chi connectivity index (χ3v) is 3.53. The molecule has 0 amide bonds. The maximum Gasteiger partial charge on any atom is 0.146 e. The molecule has 2 aromatic rings. The van der Waals surface area contributed by atoms with Crippen molar-refractivity contribution in [2.24, 2.45) is 0 Å². The van der Waals surface area contributed by atoms with E-state index in [2.05, 4.69) is 20.9 Å². The summed E-state index contributed by atoms with van der Waals surface area (Å²) in [6, 6.07) is 5.70. The summed E-state index contributed by atoms with van der Waals surface area (Å²) in [4.78, 5) is 4.19. The molecule has 0 saturated carbocycles. The molecule has 0 aliphatic carbocycles. The van der Waals surface area contributed by atoms with E-state index >= 15 is 0 Å². The maximum absolute atomic E-state index is 13.9. The van der Waals surface area contributed by atoms with Crippen molar-refractivity contribution in [1.82, 2.24) is 4.98 Å². The smallest absolute Gasteiger partial charge is 0.146 e. The van der Waals surface area contributed by atoms with Crippen molar-refractivity contribution in [3.63, 3.8) is 0 Å². The standard InChI is InChI=1S/C14H12BrF2NO/c1-7-3-4-9(8(2)18-7)14(19)12-11(16)6-5-10(15)13(12)17/h3-6,14,19H,1-2H3. The Balaban J connectivity index is 2.56. The van der Waals surface area contributed by atoms with E-state index in [9.17, 15) is 13.9 Å². The van der Waals surface area contributed by atoms with Gasteiger partial charge < -0.3 is 5.11 Å². The molecule has 1 unspecified atom stereocenters. The molecular weight excluding hydrogens is 316 g/mol. The second kappa shape index (κ2) is 5.35. The number of pyridine rings is 1. The topological polar surface area (TPSA) is 33.1 Å². The predicted molar refractivity (Wildman–Crippen MR) is 71.8 cm³/mol. The number of rotatable bonds is 2. The zero-order valence-corrected chi connectivity index (χ0v) is 12.0. The minimum absolute atomic E-state index is 0.112. The van der Waals surface area contributed by atoms with Crippen molar-refractivity contribution < 1.29 is 13.9 Å². The van der Waals surface area contributed by atoms with E-state index in [0.29, 0.717) is 11.3 Å². The van der Waals surface area contributed by atoms with Gasteiger partial charge in [-0.15, -0.1) is 0 Å². The molecule has 2 rings (SSSR count). The lowest BCUT2D eigenvalue weighted by Crippen LogP contribution is -2.09. The van der Waals surface area contributed by atoms with Gasteiger partial charge in [0, 0.05) is 17.0 Å². The van der Waals surface area contributed by atoms with Gasteiger partial charge in [-0.1, -0.05) is 6.07 Å². The van der Waals surface area contributed by atoms with Gasteiger partial charge in [-0.2, -0.15) is 0 Å². The fourth-order valence-electron chi connectivity index (χ4n) is 1.94. The average Bonchev–Trinajstić information content (AvgIpc) is 2.34. The lowest BCUT2D eigenvalue weighted by atomic mass is 9.99. The van der Waals surface area contributed by atoms with Crippen LogP contribution in [0.5, 0.6) is 0 Å². The number of hydrogen-bond donors (Lipinski definition) is 1. The molecule has 0 radical (unpaired) electrons. The molecule has 0 aliphatic heterocycles. The van der Waals surface area contributed by atoms with Crippen LogP contribution in [0, 0.1) is 25.5 Å². The van der Waals surface area contributed by atoms with Gasteiger partial charge in [0.05, 0.1) is 10.0 Å². The first-order valence-corrected chi connectivity index (χ1v) is 6.46. The van der Waals surface area contributed by atoms with E-state index in [1.807, 2.05) is 6.92 Å².